The van der Waals surface area contributed by atoms with E-state index in [1.54, 1.807) is 0 Å². The highest BCUT2D eigenvalue weighted by Gasteiger charge is 2.23. The first-order valence-electron chi connectivity index (χ1n) is 5.85. The van der Waals surface area contributed by atoms with Crippen LogP contribution in [0.1, 0.15) is 37.8 Å². The molecule has 1 fully saturated rings. The Labute approximate surface area is 92.1 Å². The number of likely N-dealkylation sites (tertiary alicyclic amines) is 1. The van der Waals surface area contributed by atoms with Gasteiger partial charge in [-0.05, 0) is 31.7 Å². The van der Waals surface area contributed by atoms with Crippen molar-refractivity contribution in [3.8, 4) is 0 Å². The molecular formula is C13H20N2. The van der Waals surface area contributed by atoms with E-state index < -0.39 is 0 Å². The minimum atomic E-state index is 0.244. The molecule has 1 aliphatic heterocycles. The van der Waals surface area contributed by atoms with E-state index in [2.05, 4.69) is 42.2 Å². The lowest BCUT2D eigenvalue weighted by atomic mass is 10.0. The van der Waals surface area contributed by atoms with E-state index in [-0.39, 0.29) is 6.17 Å². The number of nitrogens with zero attached hydrogens (tertiary/aromatic N) is 1. The number of nitrogens with two attached hydrogens (primary N) is 1. The molecule has 2 rings (SSSR count). The Balaban J connectivity index is 2.09. The van der Waals surface area contributed by atoms with Crippen molar-refractivity contribution in [2.24, 2.45) is 5.73 Å². The Morgan fingerprint density at radius 2 is 2.00 bits per heavy atom. The zero-order valence-electron chi connectivity index (χ0n) is 9.39. The van der Waals surface area contributed by atoms with Crippen LogP contribution in [0.25, 0.3) is 0 Å². The maximum Gasteiger partial charge on any atom is 0.0577 e. The number of benzene rings is 1. The molecule has 0 amide bonds. The van der Waals surface area contributed by atoms with Gasteiger partial charge in [0.15, 0.2) is 0 Å². The van der Waals surface area contributed by atoms with E-state index in [0.29, 0.717) is 6.04 Å². The monoisotopic (exact) mass is 204 g/mol. The van der Waals surface area contributed by atoms with Crippen molar-refractivity contribution in [2.45, 2.75) is 38.4 Å². The Bertz CT molecular complexity index is 297. The predicted octanol–water partition coefficient (Wildman–Crippen LogP) is 2.52. The Hall–Kier alpha value is -0.860. The van der Waals surface area contributed by atoms with E-state index in [1.807, 2.05) is 0 Å². The van der Waals surface area contributed by atoms with Gasteiger partial charge in [0, 0.05) is 12.6 Å². The van der Waals surface area contributed by atoms with Gasteiger partial charge in [-0.15, -0.1) is 0 Å². The number of rotatable bonds is 2. The molecule has 0 saturated carbocycles. The van der Waals surface area contributed by atoms with Crippen molar-refractivity contribution in [1.82, 2.24) is 4.90 Å². The van der Waals surface area contributed by atoms with Crippen molar-refractivity contribution in [3.05, 3.63) is 35.9 Å². The summed E-state index contributed by atoms with van der Waals surface area (Å²) in [5.74, 6) is 0. The maximum absolute atomic E-state index is 6.14. The van der Waals surface area contributed by atoms with Crippen molar-refractivity contribution in [1.29, 1.82) is 0 Å². The second-order valence-corrected chi connectivity index (χ2v) is 4.39. The molecular weight excluding hydrogens is 184 g/mol. The number of piperidine rings is 1. The third kappa shape index (κ3) is 2.39. The molecule has 2 nitrogen and oxygen atoms in total. The fourth-order valence-corrected chi connectivity index (χ4v) is 2.38. The van der Waals surface area contributed by atoms with Crippen LogP contribution in [-0.4, -0.2) is 17.6 Å². The van der Waals surface area contributed by atoms with Crippen LogP contribution in [0.5, 0.6) is 0 Å². The molecule has 1 aliphatic rings. The van der Waals surface area contributed by atoms with Crippen LogP contribution in [0.2, 0.25) is 0 Å². The summed E-state index contributed by atoms with van der Waals surface area (Å²) in [6.07, 6.45) is 3.94. The van der Waals surface area contributed by atoms with Gasteiger partial charge in [-0.25, -0.2) is 0 Å². The van der Waals surface area contributed by atoms with Crippen LogP contribution >= 0.6 is 0 Å². The molecule has 2 atom stereocenters. The molecule has 1 aromatic rings. The summed E-state index contributed by atoms with van der Waals surface area (Å²) in [5.41, 5.74) is 7.51. The van der Waals surface area contributed by atoms with E-state index in [1.165, 1.54) is 18.4 Å². The first kappa shape index (κ1) is 10.7. The highest BCUT2D eigenvalue weighted by molar-refractivity contribution is 5.18. The van der Waals surface area contributed by atoms with Gasteiger partial charge in [-0.3, -0.25) is 4.90 Å². The quantitative estimate of drug-likeness (QED) is 0.802. The number of hydrogen-bond acceptors (Lipinski definition) is 2. The van der Waals surface area contributed by atoms with Gasteiger partial charge in [0.1, 0.15) is 0 Å². The summed E-state index contributed by atoms with van der Waals surface area (Å²) >= 11 is 0. The van der Waals surface area contributed by atoms with Crippen molar-refractivity contribution >= 4 is 0 Å². The standard InChI is InChI=1S/C13H20N2/c1-11(12-7-3-2-4-8-12)15-10-6-5-9-13(15)14/h2-4,7-8,11,13H,5-6,9-10,14H2,1H3. The normalized spacial score (nSPS) is 25.1. The minimum Gasteiger partial charge on any atom is -0.316 e. The third-order valence-electron chi connectivity index (χ3n) is 3.37. The van der Waals surface area contributed by atoms with Gasteiger partial charge in [0.05, 0.1) is 6.17 Å². The lowest BCUT2D eigenvalue weighted by molar-refractivity contribution is 0.107. The molecule has 0 aliphatic carbocycles. The van der Waals surface area contributed by atoms with Gasteiger partial charge in [-0.2, -0.15) is 0 Å². The lowest BCUT2D eigenvalue weighted by Crippen LogP contribution is -2.46. The molecule has 1 heterocycles. The molecule has 0 bridgehead atoms. The van der Waals surface area contributed by atoms with Gasteiger partial charge in [0.25, 0.3) is 0 Å². The highest BCUT2D eigenvalue weighted by Crippen LogP contribution is 2.25. The molecule has 1 saturated heterocycles. The van der Waals surface area contributed by atoms with Crippen LogP contribution in [-0.2, 0) is 0 Å². The van der Waals surface area contributed by atoms with E-state index >= 15 is 0 Å². The highest BCUT2D eigenvalue weighted by atomic mass is 15.2. The van der Waals surface area contributed by atoms with Crippen LogP contribution in [0.3, 0.4) is 0 Å². The Kier molecular flexibility index (Phi) is 3.39. The summed E-state index contributed by atoms with van der Waals surface area (Å²) in [5, 5.41) is 0. The largest absolute Gasteiger partial charge is 0.316 e. The van der Waals surface area contributed by atoms with Crippen LogP contribution < -0.4 is 5.73 Å². The minimum absolute atomic E-state index is 0.244. The SMILES string of the molecule is CC(c1ccccc1)N1CCCCC1N. The first-order valence-corrected chi connectivity index (χ1v) is 5.85. The first-order chi connectivity index (χ1) is 7.29. The zero-order valence-corrected chi connectivity index (χ0v) is 9.39. The molecule has 2 unspecified atom stereocenters. The van der Waals surface area contributed by atoms with Crippen LogP contribution in [0, 0.1) is 0 Å². The number of hydrogen-bond donors (Lipinski definition) is 1. The summed E-state index contributed by atoms with van der Waals surface area (Å²) in [6.45, 7) is 3.39. The third-order valence-corrected chi connectivity index (χ3v) is 3.37. The van der Waals surface area contributed by atoms with Gasteiger partial charge in [0.2, 0.25) is 0 Å². The lowest BCUT2D eigenvalue weighted by Gasteiger charge is -2.37. The molecule has 0 spiro atoms. The van der Waals surface area contributed by atoms with E-state index in [0.717, 1.165) is 13.0 Å². The summed E-state index contributed by atoms with van der Waals surface area (Å²) in [6, 6.07) is 11.1. The summed E-state index contributed by atoms with van der Waals surface area (Å²) in [4.78, 5) is 2.42. The molecule has 1 aromatic carbocycles. The van der Waals surface area contributed by atoms with Crippen LogP contribution in [0.15, 0.2) is 30.3 Å². The maximum atomic E-state index is 6.14. The van der Waals surface area contributed by atoms with E-state index in [4.69, 9.17) is 5.73 Å². The van der Waals surface area contributed by atoms with E-state index in [9.17, 15) is 0 Å². The van der Waals surface area contributed by atoms with Crippen molar-refractivity contribution in [3.63, 3.8) is 0 Å². The molecule has 0 aromatic heterocycles. The Morgan fingerprint density at radius 1 is 1.27 bits per heavy atom. The average molecular weight is 204 g/mol. The Morgan fingerprint density at radius 3 is 2.67 bits per heavy atom. The molecule has 15 heavy (non-hydrogen) atoms. The predicted molar refractivity (Wildman–Crippen MR) is 63.4 cm³/mol. The molecule has 2 N–H and O–H groups in total. The van der Waals surface area contributed by atoms with Gasteiger partial charge >= 0.3 is 0 Å². The topological polar surface area (TPSA) is 29.3 Å². The van der Waals surface area contributed by atoms with Gasteiger partial charge < -0.3 is 5.73 Å². The second kappa shape index (κ2) is 4.77. The second-order valence-electron chi connectivity index (χ2n) is 4.39. The summed E-state index contributed by atoms with van der Waals surface area (Å²) < 4.78 is 0. The molecule has 0 radical (unpaired) electrons. The fraction of sp³-hybridized carbons (Fsp3) is 0.538. The average Bonchev–Trinajstić information content (AvgIpc) is 2.30. The zero-order chi connectivity index (χ0) is 10.7. The van der Waals surface area contributed by atoms with Gasteiger partial charge in [-0.1, -0.05) is 30.3 Å². The van der Waals surface area contributed by atoms with Crippen molar-refractivity contribution < 1.29 is 0 Å². The van der Waals surface area contributed by atoms with Crippen molar-refractivity contribution in [2.75, 3.05) is 6.54 Å². The van der Waals surface area contributed by atoms with Crippen LogP contribution in [0.4, 0.5) is 0 Å². The molecule has 82 valence electrons. The molecule has 2 heteroatoms. The fourth-order valence-electron chi connectivity index (χ4n) is 2.38. The summed E-state index contributed by atoms with van der Waals surface area (Å²) in [7, 11) is 0. The smallest absolute Gasteiger partial charge is 0.0577 e.